The molecule has 7 nitrogen and oxygen atoms in total. The monoisotopic (exact) mass is 386 g/mol. The highest BCUT2D eigenvalue weighted by Gasteiger charge is 2.21. The minimum Gasteiger partial charge on any atom is -0.436 e. The highest BCUT2D eigenvalue weighted by atomic mass is 16.3. The average molecular weight is 386 g/mol. The van der Waals surface area contributed by atoms with Crippen molar-refractivity contribution in [3.05, 3.63) is 60.3 Å². The predicted octanol–water partition coefficient (Wildman–Crippen LogP) is 3.63. The number of benzene rings is 2. The molecule has 4 aromatic rings. The Kier molecular flexibility index (Phi) is 3.77. The zero-order valence-electron chi connectivity index (χ0n) is 15.8. The molecule has 144 valence electrons. The largest absolute Gasteiger partial charge is 0.436 e. The summed E-state index contributed by atoms with van der Waals surface area (Å²) in [5, 5.41) is 6.67. The third kappa shape index (κ3) is 2.70. The fourth-order valence-corrected chi connectivity index (χ4v) is 3.74. The number of nitrogens with zero attached hydrogens (tertiary/aromatic N) is 2. The SMILES string of the molecule is C=CC(=O)Nc1c(C)ccc2oc(-c3ccc4cc5n(c4c3)CCNC5=O)nc12. The van der Waals surface area contributed by atoms with Crippen LogP contribution in [0.1, 0.15) is 16.1 Å². The molecule has 3 heterocycles. The van der Waals surface area contributed by atoms with Gasteiger partial charge in [-0.3, -0.25) is 9.59 Å². The van der Waals surface area contributed by atoms with Crippen molar-refractivity contribution in [3.8, 4) is 11.5 Å². The van der Waals surface area contributed by atoms with Crippen LogP contribution in [-0.4, -0.2) is 27.9 Å². The van der Waals surface area contributed by atoms with Gasteiger partial charge in [0.1, 0.15) is 11.2 Å². The molecule has 2 aromatic carbocycles. The van der Waals surface area contributed by atoms with Crippen molar-refractivity contribution >= 4 is 39.5 Å². The molecule has 29 heavy (non-hydrogen) atoms. The molecule has 0 saturated carbocycles. The van der Waals surface area contributed by atoms with Crippen LogP contribution in [0, 0.1) is 6.92 Å². The Balaban J connectivity index is 1.65. The highest BCUT2D eigenvalue weighted by molar-refractivity contribution is 6.05. The molecule has 0 atom stereocenters. The second-order valence-electron chi connectivity index (χ2n) is 7.03. The van der Waals surface area contributed by atoms with E-state index in [2.05, 4.69) is 22.2 Å². The van der Waals surface area contributed by atoms with Gasteiger partial charge in [0.05, 0.1) is 5.69 Å². The molecule has 5 rings (SSSR count). The number of carbonyl (C=O) groups is 2. The number of rotatable bonds is 3. The Morgan fingerprint density at radius 1 is 1.31 bits per heavy atom. The molecule has 0 saturated heterocycles. The van der Waals surface area contributed by atoms with E-state index >= 15 is 0 Å². The summed E-state index contributed by atoms with van der Waals surface area (Å²) in [4.78, 5) is 28.6. The smallest absolute Gasteiger partial charge is 0.268 e. The van der Waals surface area contributed by atoms with Crippen molar-refractivity contribution in [2.45, 2.75) is 13.5 Å². The number of anilines is 1. The fourth-order valence-electron chi connectivity index (χ4n) is 3.74. The van der Waals surface area contributed by atoms with E-state index in [1.165, 1.54) is 6.08 Å². The van der Waals surface area contributed by atoms with Crippen LogP contribution in [0.5, 0.6) is 0 Å². The van der Waals surface area contributed by atoms with Crippen molar-refractivity contribution in [2.75, 3.05) is 11.9 Å². The number of oxazole rings is 1. The van der Waals surface area contributed by atoms with Crippen LogP contribution in [0.3, 0.4) is 0 Å². The molecule has 0 fully saturated rings. The van der Waals surface area contributed by atoms with Gasteiger partial charge in [-0.25, -0.2) is 4.98 Å². The van der Waals surface area contributed by atoms with Gasteiger partial charge in [-0.1, -0.05) is 18.7 Å². The lowest BCUT2D eigenvalue weighted by molar-refractivity contribution is -0.111. The average Bonchev–Trinajstić information content (AvgIpc) is 3.32. The Bertz CT molecular complexity index is 1330. The number of aryl methyl sites for hydroxylation is 1. The van der Waals surface area contributed by atoms with E-state index in [9.17, 15) is 9.59 Å². The lowest BCUT2D eigenvalue weighted by Gasteiger charge is -2.16. The Labute approximate surface area is 166 Å². The minimum absolute atomic E-state index is 0.0612. The van der Waals surface area contributed by atoms with E-state index in [0.717, 1.165) is 28.6 Å². The fraction of sp³-hybridized carbons (Fsp3) is 0.136. The summed E-state index contributed by atoms with van der Waals surface area (Å²) < 4.78 is 7.99. The van der Waals surface area contributed by atoms with Gasteiger partial charge in [0.25, 0.3) is 5.91 Å². The van der Waals surface area contributed by atoms with Gasteiger partial charge >= 0.3 is 0 Å². The molecule has 0 aliphatic carbocycles. The molecule has 7 heteroatoms. The quantitative estimate of drug-likeness (QED) is 0.526. The van der Waals surface area contributed by atoms with E-state index in [1.807, 2.05) is 47.9 Å². The maximum Gasteiger partial charge on any atom is 0.268 e. The topological polar surface area (TPSA) is 89.2 Å². The van der Waals surface area contributed by atoms with Gasteiger partial charge in [0.15, 0.2) is 5.58 Å². The summed E-state index contributed by atoms with van der Waals surface area (Å²) in [6.45, 7) is 6.72. The van der Waals surface area contributed by atoms with Crippen molar-refractivity contribution in [1.29, 1.82) is 0 Å². The van der Waals surface area contributed by atoms with Crippen LogP contribution in [0.2, 0.25) is 0 Å². The molecule has 2 amide bonds. The lowest BCUT2D eigenvalue weighted by Crippen LogP contribution is -2.34. The van der Waals surface area contributed by atoms with Crippen LogP contribution in [-0.2, 0) is 11.3 Å². The second-order valence-corrected chi connectivity index (χ2v) is 7.03. The van der Waals surface area contributed by atoms with E-state index in [1.54, 1.807) is 0 Å². The van der Waals surface area contributed by atoms with E-state index in [0.29, 0.717) is 34.9 Å². The zero-order valence-corrected chi connectivity index (χ0v) is 15.8. The van der Waals surface area contributed by atoms with Crippen LogP contribution in [0.4, 0.5) is 5.69 Å². The normalized spacial score (nSPS) is 13.3. The third-order valence-electron chi connectivity index (χ3n) is 5.21. The number of hydrogen-bond acceptors (Lipinski definition) is 4. The molecule has 2 N–H and O–H groups in total. The summed E-state index contributed by atoms with van der Waals surface area (Å²) >= 11 is 0. The summed E-state index contributed by atoms with van der Waals surface area (Å²) in [6, 6.07) is 11.5. The highest BCUT2D eigenvalue weighted by Crippen LogP contribution is 2.33. The molecule has 1 aliphatic heterocycles. The van der Waals surface area contributed by atoms with Gasteiger partial charge in [-0.15, -0.1) is 0 Å². The number of amides is 2. The minimum atomic E-state index is -0.301. The first-order chi connectivity index (χ1) is 14.0. The molecule has 0 unspecified atom stereocenters. The lowest BCUT2D eigenvalue weighted by atomic mass is 10.1. The molecule has 0 spiro atoms. The first-order valence-corrected chi connectivity index (χ1v) is 9.30. The van der Waals surface area contributed by atoms with Gasteiger partial charge in [-0.2, -0.15) is 0 Å². The Morgan fingerprint density at radius 2 is 2.17 bits per heavy atom. The second kappa shape index (κ2) is 6.34. The standard InChI is InChI=1S/C22H18N4O3/c1-3-18(27)24-19-12(2)4-7-17-20(19)25-22(29-17)14-6-5-13-10-16-21(28)23-8-9-26(16)15(13)11-14/h3-7,10-11H,1,8-9H2,2H3,(H,23,28)(H,24,27). The number of hydrogen-bond donors (Lipinski definition) is 2. The number of aromatic nitrogens is 2. The first-order valence-electron chi connectivity index (χ1n) is 9.30. The van der Waals surface area contributed by atoms with Gasteiger partial charge < -0.3 is 19.6 Å². The summed E-state index contributed by atoms with van der Waals surface area (Å²) in [6.07, 6.45) is 1.22. The number of carbonyl (C=O) groups excluding carboxylic acids is 2. The van der Waals surface area contributed by atoms with Gasteiger partial charge in [0.2, 0.25) is 11.8 Å². The first kappa shape index (κ1) is 17.2. The van der Waals surface area contributed by atoms with Crippen LogP contribution in [0.15, 0.2) is 53.5 Å². The third-order valence-corrected chi connectivity index (χ3v) is 5.21. The summed E-state index contributed by atoms with van der Waals surface area (Å²) in [5.74, 6) is 0.0935. The van der Waals surface area contributed by atoms with E-state index < -0.39 is 0 Å². The van der Waals surface area contributed by atoms with E-state index in [-0.39, 0.29) is 11.8 Å². The van der Waals surface area contributed by atoms with Crippen LogP contribution >= 0.6 is 0 Å². The number of fused-ring (bicyclic) bond motifs is 4. The number of nitrogens with one attached hydrogen (secondary N) is 2. The molecular weight excluding hydrogens is 368 g/mol. The van der Waals surface area contributed by atoms with E-state index in [4.69, 9.17) is 4.42 Å². The maximum absolute atomic E-state index is 12.1. The molecule has 0 radical (unpaired) electrons. The summed E-state index contributed by atoms with van der Waals surface area (Å²) in [7, 11) is 0. The van der Waals surface area contributed by atoms with Gasteiger partial charge in [-0.05, 0) is 42.8 Å². The van der Waals surface area contributed by atoms with Gasteiger partial charge in [0, 0.05) is 29.6 Å². The van der Waals surface area contributed by atoms with Crippen molar-refractivity contribution in [3.63, 3.8) is 0 Å². The maximum atomic E-state index is 12.1. The Morgan fingerprint density at radius 3 is 3.00 bits per heavy atom. The molecule has 1 aliphatic rings. The van der Waals surface area contributed by atoms with Crippen molar-refractivity contribution in [1.82, 2.24) is 14.9 Å². The predicted molar refractivity (Wildman–Crippen MR) is 111 cm³/mol. The molecular formula is C22H18N4O3. The van der Waals surface area contributed by atoms with Crippen LogP contribution < -0.4 is 10.6 Å². The van der Waals surface area contributed by atoms with Crippen LogP contribution in [0.25, 0.3) is 33.5 Å². The molecule has 0 bridgehead atoms. The van der Waals surface area contributed by atoms with Crippen molar-refractivity contribution in [2.24, 2.45) is 0 Å². The summed E-state index contributed by atoms with van der Waals surface area (Å²) in [5.41, 5.74) is 5.10. The zero-order chi connectivity index (χ0) is 20.1. The Hall–Kier alpha value is -3.87. The van der Waals surface area contributed by atoms with Crippen molar-refractivity contribution < 1.29 is 14.0 Å². The molecule has 2 aromatic heterocycles.